The minimum atomic E-state index is -0.183. The fourth-order valence-corrected chi connectivity index (χ4v) is 2.15. The van der Waals surface area contributed by atoms with Gasteiger partial charge in [-0.1, -0.05) is 35.9 Å². The molecule has 0 bridgehead atoms. The normalized spacial score (nSPS) is 12.4. The summed E-state index contributed by atoms with van der Waals surface area (Å²) in [6.07, 6.45) is 0. The highest BCUT2D eigenvalue weighted by Crippen LogP contribution is 2.16. The molecule has 2 heteroatoms. The Morgan fingerprint density at radius 3 is 2.63 bits per heavy atom. The molecule has 2 aromatic rings. The third-order valence-corrected chi connectivity index (χ3v) is 3.45. The minimum absolute atomic E-state index is 0.135. The molecule has 0 spiro atoms. The van der Waals surface area contributed by atoms with E-state index < -0.39 is 0 Å². The maximum absolute atomic E-state index is 13.2. The van der Waals surface area contributed by atoms with Crippen LogP contribution < -0.4 is 5.32 Å². The summed E-state index contributed by atoms with van der Waals surface area (Å²) in [5.41, 5.74) is 4.82. The van der Waals surface area contributed by atoms with Gasteiger partial charge in [-0.25, -0.2) is 4.39 Å². The average Bonchev–Trinajstić information content (AvgIpc) is 2.39. The molecule has 0 aliphatic rings. The molecule has 1 N–H and O–H groups in total. The van der Waals surface area contributed by atoms with Crippen molar-refractivity contribution in [2.75, 3.05) is 0 Å². The van der Waals surface area contributed by atoms with Crippen molar-refractivity contribution in [2.45, 2.75) is 33.4 Å². The van der Waals surface area contributed by atoms with Crippen LogP contribution in [0.1, 0.15) is 35.2 Å². The van der Waals surface area contributed by atoms with E-state index in [1.165, 1.54) is 22.8 Å². The van der Waals surface area contributed by atoms with Crippen LogP contribution in [-0.2, 0) is 6.54 Å². The van der Waals surface area contributed by atoms with Crippen molar-refractivity contribution in [2.24, 2.45) is 0 Å². The first-order chi connectivity index (χ1) is 9.06. The maximum Gasteiger partial charge on any atom is 0.123 e. The molecule has 0 aliphatic carbocycles. The van der Waals surface area contributed by atoms with Crippen LogP contribution >= 0.6 is 0 Å². The van der Waals surface area contributed by atoms with Gasteiger partial charge < -0.3 is 5.32 Å². The van der Waals surface area contributed by atoms with E-state index in [9.17, 15) is 4.39 Å². The Bertz CT molecular complexity index is 563. The predicted octanol–water partition coefficient (Wildman–Crippen LogP) is 4.29. The summed E-state index contributed by atoms with van der Waals surface area (Å²) in [4.78, 5) is 0. The smallest absolute Gasteiger partial charge is 0.123 e. The van der Waals surface area contributed by atoms with E-state index >= 15 is 0 Å². The van der Waals surface area contributed by atoms with Crippen LogP contribution in [0.4, 0.5) is 4.39 Å². The highest BCUT2D eigenvalue weighted by molar-refractivity contribution is 5.30. The lowest BCUT2D eigenvalue weighted by Crippen LogP contribution is -2.18. The second-order valence-corrected chi connectivity index (χ2v) is 5.09. The first kappa shape index (κ1) is 13.8. The first-order valence-corrected chi connectivity index (χ1v) is 6.61. The third kappa shape index (κ3) is 3.65. The summed E-state index contributed by atoms with van der Waals surface area (Å²) in [5.74, 6) is -0.183. The van der Waals surface area contributed by atoms with E-state index in [1.54, 1.807) is 12.1 Å². The van der Waals surface area contributed by atoms with Gasteiger partial charge in [0, 0.05) is 12.6 Å². The lowest BCUT2D eigenvalue weighted by molar-refractivity contribution is 0.564. The molecule has 0 aromatic heterocycles. The van der Waals surface area contributed by atoms with Crippen molar-refractivity contribution < 1.29 is 4.39 Å². The van der Waals surface area contributed by atoms with Gasteiger partial charge in [0.2, 0.25) is 0 Å². The Morgan fingerprint density at radius 1 is 1.11 bits per heavy atom. The van der Waals surface area contributed by atoms with Crippen LogP contribution in [0.3, 0.4) is 0 Å². The number of nitrogens with one attached hydrogen (secondary N) is 1. The zero-order valence-corrected chi connectivity index (χ0v) is 11.7. The molecule has 1 nitrogen and oxygen atoms in total. The van der Waals surface area contributed by atoms with Gasteiger partial charge in [-0.2, -0.15) is 0 Å². The van der Waals surface area contributed by atoms with Crippen molar-refractivity contribution in [3.8, 4) is 0 Å². The average molecular weight is 257 g/mol. The standard InChI is InChI=1S/C17H20FN/c1-12-7-8-13(2)16(9-12)11-19-14(3)15-5-4-6-17(18)10-15/h4-10,14,19H,11H2,1-3H3/t14-/m0/s1. The molecule has 0 saturated carbocycles. The summed E-state index contributed by atoms with van der Waals surface area (Å²) in [7, 11) is 0. The molecule has 2 rings (SSSR count). The second-order valence-electron chi connectivity index (χ2n) is 5.09. The molecular weight excluding hydrogens is 237 g/mol. The fraction of sp³-hybridized carbons (Fsp3) is 0.294. The first-order valence-electron chi connectivity index (χ1n) is 6.61. The monoisotopic (exact) mass is 257 g/mol. The van der Waals surface area contributed by atoms with Crippen LogP contribution in [-0.4, -0.2) is 0 Å². The molecule has 0 fully saturated rings. The topological polar surface area (TPSA) is 12.0 Å². The number of hydrogen-bond donors (Lipinski definition) is 1. The van der Waals surface area contributed by atoms with Gasteiger partial charge >= 0.3 is 0 Å². The third-order valence-electron chi connectivity index (χ3n) is 3.45. The summed E-state index contributed by atoms with van der Waals surface area (Å²) in [5, 5.41) is 3.44. The summed E-state index contributed by atoms with van der Waals surface area (Å²) in [6, 6.07) is 13.3. The van der Waals surface area contributed by atoms with Gasteiger partial charge in [0.05, 0.1) is 0 Å². The molecule has 1 atom stereocenters. The van der Waals surface area contributed by atoms with E-state index in [-0.39, 0.29) is 11.9 Å². The quantitative estimate of drug-likeness (QED) is 0.861. The highest BCUT2D eigenvalue weighted by atomic mass is 19.1. The highest BCUT2D eigenvalue weighted by Gasteiger charge is 2.06. The Morgan fingerprint density at radius 2 is 1.89 bits per heavy atom. The molecule has 19 heavy (non-hydrogen) atoms. The van der Waals surface area contributed by atoms with E-state index in [2.05, 4.69) is 44.3 Å². The number of halogens is 1. The Labute approximate surface area is 114 Å². The fourth-order valence-electron chi connectivity index (χ4n) is 2.15. The molecular formula is C17H20FN. The number of rotatable bonds is 4. The summed E-state index contributed by atoms with van der Waals surface area (Å²) < 4.78 is 13.2. The molecule has 0 heterocycles. The molecule has 0 amide bonds. The van der Waals surface area contributed by atoms with Gasteiger partial charge in [-0.05, 0) is 49.6 Å². The lowest BCUT2D eigenvalue weighted by Gasteiger charge is -2.16. The van der Waals surface area contributed by atoms with Gasteiger partial charge in [0.25, 0.3) is 0 Å². The Kier molecular flexibility index (Phi) is 4.33. The SMILES string of the molecule is Cc1ccc(C)c(CN[C@@H](C)c2cccc(F)c2)c1. The van der Waals surface area contributed by atoms with Crippen molar-refractivity contribution >= 4 is 0 Å². The van der Waals surface area contributed by atoms with Gasteiger partial charge in [-0.15, -0.1) is 0 Å². The van der Waals surface area contributed by atoms with E-state index in [1.807, 2.05) is 6.07 Å². The molecule has 100 valence electrons. The van der Waals surface area contributed by atoms with Crippen LogP contribution in [0.2, 0.25) is 0 Å². The maximum atomic E-state index is 13.2. The van der Waals surface area contributed by atoms with E-state index in [0.29, 0.717) is 0 Å². The van der Waals surface area contributed by atoms with Gasteiger partial charge in [0.15, 0.2) is 0 Å². The van der Waals surface area contributed by atoms with Gasteiger partial charge in [-0.3, -0.25) is 0 Å². The molecule has 0 unspecified atom stereocenters. The number of hydrogen-bond acceptors (Lipinski definition) is 1. The van der Waals surface area contributed by atoms with Crippen LogP contribution in [0.25, 0.3) is 0 Å². The molecule has 0 aliphatic heterocycles. The second kappa shape index (κ2) is 5.98. The van der Waals surface area contributed by atoms with E-state index in [4.69, 9.17) is 0 Å². The molecule has 0 radical (unpaired) electrons. The van der Waals surface area contributed by atoms with E-state index in [0.717, 1.165) is 12.1 Å². The molecule has 2 aromatic carbocycles. The van der Waals surface area contributed by atoms with Crippen LogP contribution in [0, 0.1) is 19.7 Å². The lowest BCUT2D eigenvalue weighted by atomic mass is 10.0. The number of benzene rings is 2. The van der Waals surface area contributed by atoms with Crippen molar-refractivity contribution in [3.63, 3.8) is 0 Å². The Hall–Kier alpha value is -1.67. The van der Waals surface area contributed by atoms with Crippen molar-refractivity contribution in [3.05, 3.63) is 70.5 Å². The predicted molar refractivity (Wildman–Crippen MR) is 77.6 cm³/mol. The Balaban J connectivity index is 2.04. The molecule has 0 saturated heterocycles. The number of aryl methyl sites for hydroxylation is 2. The zero-order chi connectivity index (χ0) is 13.8. The van der Waals surface area contributed by atoms with Crippen molar-refractivity contribution in [1.82, 2.24) is 5.32 Å². The zero-order valence-electron chi connectivity index (χ0n) is 11.7. The van der Waals surface area contributed by atoms with Crippen LogP contribution in [0.15, 0.2) is 42.5 Å². The summed E-state index contributed by atoms with van der Waals surface area (Å²) in [6.45, 7) is 7.06. The summed E-state index contributed by atoms with van der Waals surface area (Å²) >= 11 is 0. The van der Waals surface area contributed by atoms with Crippen LogP contribution in [0.5, 0.6) is 0 Å². The van der Waals surface area contributed by atoms with Crippen molar-refractivity contribution in [1.29, 1.82) is 0 Å². The largest absolute Gasteiger partial charge is 0.306 e. The minimum Gasteiger partial charge on any atom is -0.306 e. The van der Waals surface area contributed by atoms with Gasteiger partial charge in [0.1, 0.15) is 5.82 Å².